The number of rotatable bonds is 5. The number of nitrogens with one attached hydrogen (secondary N) is 2. The lowest BCUT2D eigenvalue weighted by Crippen LogP contribution is -2.13. The van der Waals surface area contributed by atoms with E-state index in [-0.39, 0.29) is 11.3 Å². The Morgan fingerprint density at radius 3 is 2.51 bits per heavy atom. The SMILES string of the molecule is Cc1ccc(C(=O)Nc2cccc(C(F)(F)F)c2)cc1Nc1nc(-c2ccncc2)nc2c1ccn2C. The molecule has 2 aromatic carbocycles. The van der Waals surface area contributed by atoms with Crippen molar-refractivity contribution >= 4 is 34.1 Å². The van der Waals surface area contributed by atoms with Gasteiger partial charge in [-0.25, -0.2) is 9.97 Å². The Labute approximate surface area is 210 Å². The van der Waals surface area contributed by atoms with Gasteiger partial charge in [-0.05, 0) is 61.0 Å². The highest BCUT2D eigenvalue weighted by Gasteiger charge is 2.30. The number of nitrogens with zero attached hydrogens (tertiary/aromatic N) is 4. The van der Waals surface area contributed by atoms with Crippen molar-refractivity contribution < 1.29 is 18.0 Å². The molecule has 0 saturated heterocycles. The molecule has 0 spiro atoms. The molecule has 0 fully saturated rings. The maximum Gasteiger partial charge on any atom is 0.416 e. The Morgan fingerprint density at radius 2 is 1.76 bits per heavy atom. The Morgan fingerprint density at radius 1 is 0.973 bits per heavy atom. The van der Waals surface area contributed by atoms with Crippen LogP contribution >= 0.6 is 0 Å². The second-order valence-electron chi connectivity index (χ2n) is 8.48. The lowest BCUT2D eigenvalue weighted by atomic mass is 10.1. The van der Waals surface area contributed by atoms with Crippen molar-refractivity contribution in [3.05, 3.63) is 95.9 Å². The summed E-state index contributed by atoms with van der Waals surface area (Å²) in [5, 5.41) is 6.65. The third kappa shape index (κ3) is 4.99. The minimum atomic E-state index is -4.50. The summed E-state index contributed by atoms with van der Waals surface area (Å²) in [5.74, 6) is 0.527. The van der Waals surface area contributed by atoms with Gasteiger partial charge in [0.25, 0.3) is 5.91 Å². The summed E-state index contributed by atoms with van der Waals surface area (Å²) in [5.41, 5.74) is 2.49. The lowest BCUT2D eigenvalue weighted by Gasteiger charge is -2.14. The van der Waals surface area contributed by atoms with E-state index in [1.807, 2.05) is 42.9 Å². The van der Waals surface area contributed by atoms with Crippen LogP contribution in [0.5, 0.6) is 0 Å². The first-order chi connectivity index (χ1) is 17.7. The van der Waals surface area contributed by atoms with Crippen LogP contribution < -0.4 is 10.6 Å². The van der Waals surface area contributed by atoms with Gasteiger partial charge in [-0.3, -0.25) is 9.78 Å². The van der Waals surface area contributed by atoms with Crippen molar-refractivity contribution in [2.24, 2.45) is 7.05 Å². The van der Waals surface area contributed by atoms with Crippen LogP contribution in [0.1, 0.15) is 21.5 Å². The molecule has 0 radical (unpaired) electrons. The van der Waals surface area contributed by atoms with Gasteiger partial charge in [0.05, 0.1) is 10.9 Å². The Hall–Kier alpha value is -4.73. The summed E-state index contributed by atoms with van der Waals surface area (Å²) < 4.78 is 41.0. The predicted octanol–water partition coefficient (Wildman–Crippen LogP) is 6.35. The number of carbonyl (C=O) groups excluding carboxylic acids is 1. The molecule has 37 heavy (non-hydrogen) atoms. The van der Waals surface area contributed by atoms with Crippen LogP contribution in [0.25, 0.3) is 22.4 Å². The molecule has 3 aromatic heterocycles. The molecule has 0 aliphatic carbocycles. The van der Waals surface area contributed by atoms with E-state index in [0.29, 0.717) is 17.3 Å². The molecule has 7 nitrogen and oxygen atoms in total. The number of hydrogen-bond donors (Lipinski definition) is 2. The van der Waals surface area contributed by atoms with Crippen LogP contribution in [0.3, 0.4) is 0 Å². The number of hydrogen-bond acceptors (Lipinski definition) is 5. The molecule has 3 heterocycles. The molecule has 186 valence electrons. The van der Waals surface area contributed by atoms with Gasteiger partial charge in [0.2, 0.25) is 0 Å². The molecule has 5 aromatic rings. The van der Waals surface area contributed by atoms with E-state index in [2.05, 4.69) is 20.6 Å². The number of aromatic nitrogens is 4. The number of carbonyl (C=O) groups is 1. The van der Waals surface area contributed by atoms with Gasteiger partial charge < -0.3 is 15.2 Å². The van der Waals surface area contributed by atoms with E-state index in [4.69, 9.17) is 4.98 Å². The molecule has 5 rings (SSSR count). The molecule has 0 aliphatic heterocycles. The molecule has 2 N–H and O–H groups in total. The molecular weight excluding hydrogens is 481 g/mol. The third-order valence-electron chi connectivity index (χ3n) is 5.86. The molecule has 0 aliphatic rings. The number of halogens is 3. The van der Waals surface area contributed by atoms with Crippen LogP contribution in [-0.4, -0.2) is 25.4 Å². The largest absolute Gasteiger partial charge is 0.416 e. The second kappa shape index (κ2) is 9.38. The van der Waals surface area contributed by atoms with E-state index in [9.17, 15) is 18.0 Å². The molecule has 0 bridgehead atoms. The summed E-state index contributed by atoms with van der Waals surface area (Å²) in [4.78, 5) is 26.3. The highest BCUT2D eigenvalue weighted by atomic mass is 19.4. The van der Waals surface area contributed by atoms with Crippen LogP contribution in [0.2, 0.25) is 0 Å². The predicted molar refractivity (Wildman–Crippen MR) is 136 cm³/mol. The fourth-order valence-electron chi connectivity index (χ4n) is 3.86. The number of pyridine rings is 1. The Bertz CT molecular complexity index is 1610. The van der Waals surface area contributed by atoms with Crippen molar-refractivity contribution in [2.75, 3.05) is 10.6 Å². The van der Waals surface area contributed by atoms with Gasteiger partial charge in [0.1, 0.15) is 11.5 Å². The summed E-state index contributed by atoms with van der Waals surface area (Å²) in [6, 6.07) is 15.1. The maximum atomic E-state index is 13.0. The van der Waals surface area contributed by atoms with Gasteiger partial charge in [-0.15, -0.1) is 0 Å². The minimum Gasteiger partial charge on any atom is -0.339 e. The van der Waals surface area contributed by atoms with Crippen molar-refractivity contribution in [1.82, 2.24) is 19.5 Å². The van der Waals surface area contributed by atoms with Gasteiger partial charge in [-0.1, -0.05) is 12.1 Å². The molecule has 0 unspecified atom stereocenters. The fourth-order valence-corrected chi connectivity index (χ4v) is 3.86. The highest BCUT2D eigenvalue weighted by molar-refractivity contribution is 6.05. The lowest BCUT2D eigenvalue weighted by molar-refractivity contribution is -0.137. The number of fused-ring (bicyclic) bond motifs is 1. The number of anilines is 3. The van der Waals surface area contributed by atoms with Gasteiger partial charge in [0, 0.05) is 48.1 Å². The molecule has 10 heteroatoms. The van der Waals surface area contributed by atoms with Crippen LogP contribution in [0.15, 0.2) is 79.3 Å². The first-order valence-corrected chi connectivity index (χ1v) is 11.3. The molecule has 0 atom stereocenters. The van der Waals surface area contributed by atoms with E-state index >= 15 is 0 Å². The van der Waals surface area contributed by atoms with Crippen molar-refractivity contribution in [3.8, 4) is 11.4 Å². The summed E-state index contributed by atoms with van der Waals surface area (Å²) in [7, 11) is 1.89. The quantitative estimate of drug-likeness (QED) is 0.292. The van der Waals surface area contributed by atoms with Crippen LogP contribution in [-0.2, 0) is 13.2 Å². The van der Waals surface area contributed by atoms with Crippen LogP contribution in [0, 0.1) is 6.92 Å². The number of amides is 1. The summed E-state index contributed by atoms with van der Waals surface area (Å²) in [6.45, 7) is 1.88. The van der Waals surface area contributed by atoms with Gasteiger partial charge in [-0.2, -0.15) is 13.2 Å². The highest BCUT2D eigenvalue weighted by Crippen LogP contribution is 2.32. The summed E-state index contributed by atoms with van der Waals surface area (Å²) in [6.07, 6.45) is 0.707. The van der Waals surface area contributed by atoms with E-state index in [1.54, 1.807) is 30.6 Å². The normalized spacial score (nSPS) is 11.5. The number of benzene rings is 2. The zero-order valence-corrected chi connectivity index (χ0v) is 19.8. The number of alkyl halides is 3. The zero-order valence-electron chi connectivity index (χ0n) is 19.8. The molecular formula is C27H21F3N6O. The van der Waals surface area contributed by atoms with Crippen molar-refractivity contribution in [1.29, 1.82) is 0 Å². The topological polar surface area (TPSA) is 84.7 Å². The van der Waals surface area contributed by atoms with Crippen molar-refractivity contribution in [2.45, 2.75) is 13.1 Å². The molecule has 1 amide bonds. The maximum absolute atomic E-state index is 13.0. The Kier molecular flexibility index (Phi) is 6.08. The summed E-state index contributed by atoms with van der Waals surface area (Å²) >= 11 is 0. The second-order valence-corrected chi connectivity index (χ2v) is 8.48. The first-order valence-electron chi connectivity index (χ1n) is 11.3. The van der Waals surface area contributed by atoms with Crippen molar-refractivity contribution in [3.63, 3.8) is 0 Å². The third-order valence-corrected chi connectivity index (χ3v) is 5.86. The van der Waals surface area contributed by atoms with E-state index in [1.165, 1.54) is 12.1 Å². The average molecular weight is 503 g/mol. The van der Waals surface area contributed by atoms with Gasteiger partial charge in [0.15, 0.2) is 5.82 Å². The molecule has 0 saturated carbocycles. The zero-order chi connectivity index (χ0) is 26.2. The fraction of sp³-hybridized carbons (Fsp3) is 0.111. The van der Waals surface area contributed by atoms with Gasteiger partial charge >= 0.3 is 6.18 Å². The Balaban J connectivity index is 1.47. The first kappa shape index (κ1) is 24.0. The average Bonchev–Trinajstić information content (AvgIpc) is 3.26. The standard InChI is InChI=1S/C27H21F3N6O/c1-16-6-7-18(26(37)32-20-5-3-4-19(15-20)27(28,29)30)14-22(16)33-24-21-10-13-36(2)25(21)35-23(34-24)17-8-11-31-12-9-17/h3-15H,1-2H3,(H,32,37)(H,33,34,35). The monoisotopic (exact) mass is 502 g/mol. The van der Waals surface area contributed by atoms with E-state index < -0.39 is 17.6 Å². The number of aryl methyl sites for hydroxylation is 2. The minimum absolute atomic E-state index is 0.0543. The van der Waals surface area contributed by atoms with Crippen LogP contribution in [0.4, 0.5) is 30.4 Å². The smallest absolute Gasteiger partial charge is 0.339 e. The van der Waals surface area contributed by atoms with E-state index in [0.717, 1.165) is 34.3 Å².